The lowest BCUT2D eigenvalue weighted by atomic mass is 9.97. The summed E-state index contributed by atoms with van der Waals surface area (Å²) in [7, 11) is 0. The van der Waals surface area contributed by atoms with Gasteiger partial charge in [0.1, 0.15) is 0 Å². The van der Waals surface area contributed by atoms with Gasteiger partial charge in [-0.05, 0) is 37.6 Å². The van der Waals surface area contributed by atoms with Crippen LogP contribution in [0.5, 0.6) is 0 Å². The molecule has 1 unspecified atom stereocenters. The first-order chi connectivity index (χ1) is 8.16. The van der Waals surface area contributed by atoms with Crippen molar-refractivity contribution in [3.05, 3.63) is 33.3 Å². The van der Waals surface area contributed by atoms with Gasteiger partial charge in [-0.15, -0.1) is 0 Å². The number of piperidine rings is 1. The fraction of sp³-hybridized carbons (Fsp3) is 0.462. The van der Waals surface area contributed by atoms with Gasteiger partial charge >= 0.3 is 0 Å². The van der Waals surface area contributed by atoms with Gasteiger partial charge in [-0.3, -0.25) is 4.79 Å². The van der Waals surface area contributed by atoms with E-state index < -0.39 is 0 Å². The Morgan fingerprint density at radius 1 is 1.47 bits per heavy atom. The Labute approximate surface area is 115 Å². The molecule has 1 atom stereocenters. The standard InChI is InChI=1S/C13H15BrClNO/c14-9-4-5-11(12(15)7-9)13(17)8-10-3-1-2-6-16-10/h4-5,7,10,16H,1-3,6,8H2. The third kappa shape index (κ3) is 3.54. The molecular weight excluding hydrogens is 302 g/mol. The minimum Gasteiger partial charge on any atom is -0.314 e. The van der Waals surface area contributed by atoms with Gasteiger partial charge in [0, 0.05) is 22.5 Å². The topological polar surface area (TPSA) is 29.1 Å². The summed E-state index contributed by atoms with van der Waals surface area (Å²) in [5.74, 6) is 0.127. The molecule has 0 amide bonds. The molecule has 1 aromatic rings. The average molecular weight is 317 g/mol. The van der Waals surface area contributed by atoms with Crippen LogP contribution in [0.25, 0.3) is 0 Å². The van der Waals surface area contributed by atoms with E-state index in [-0.39, 0.29) is 5.78 Å². The summed E-state index contributed by atoms with van der Waals surface area (Å²) in [4.78, 5) is 12.1. The van der Waals surface area contributed by atoms with E-state index in [1.54, 1.807) is 12.1 Å². The number of carbonyl (C=O) groups excluding carboxylic acids is 1. The first kappa shape index (κ1) is 13.1. The Morgan fingerprint density at radius 3 is 2.94 bits per heavy atom. The van der Waals surface area contributed by atoms with E-state index in [0.29, 0.717) is 23.0 Å². The van der Waals surface area contributed by atoms with Gasteiger partial charge in [0.05, 0.1) is 5.02 Å². The molecule has 0 bridgehead atoms. The second-order valence-corrected chi connectivity index (χ2v) is 5.72. The van der Waals surface area contributed by atoms with E-state index in [2.05, 4.69) is 21.2 Å². The van der Waals surface area contributed by atoms with Gasteiger partial charge in [0.15, 0.2) is 5.78 Å². The van der Waals surface area contributed by atoms with Crippen LogP contribution in [0.15, 0.2) is 22.7 Å². The van der Waals surface area contributed by atoms with Gasteiger partial charge in [-0.2, -0.15) is 0 Å². The Bertz CT molecular complexity index is 416. The highest BCUT2D eigenvalue weighted by Gasteiger charge is 2.18. The predicted octanol–water partition coefficient (Wildman–Crippen LogP) is 3.82. The van der Waals surface area contributed by atoms with Crippen LogP contribution < -0.4 is 5.32 Å². The van der Waals surface area contributed by atoms with Crippen molar-refractivity contribution in [2.75, 3.05) is 6.54 Å². The maximum absolute atomic E-state index is 12.1. The molecule has 17 heavy (non-hydrogen) atoms. The molecule has 0 radical (unpaired) electrons. The molecule has 1 aliphatic rings. The molecule has 1 aromatic carbocycles. The smallest absolute Gasteiger partial charge is 0.165 e. The highest BCUT2D eigenvalue weighted by atomic mass is 79.9. The molecule has 92 valence electrons. The number of halogens is 2. The van der Waals surface area contributed by atoms with Gasteiger partial charge in [-0.25, -0.2) is 0 Å². The van der Waals surface area contributed by atoms with Crippen LogP contribution in [0.3, 0.4) is 0 Å². The van der Waals surface area contributed by atoms with Crippen molar-refractivity contribution in [2.24, 2.45) is 0 Å². The fourth-order valence-electron chi connectivity index (χ4n) is 2.15. The fourth-order valence-corrected chi connectivity index (χ4v) is 2.93. The quantitative estimate of drug-likeness (QED) is 0.859. The van der Waals surface area contributed by atoms with Crippen LogP contribution in [0.4, 0.5) is 0 Å². The normalized spacial score (nSPS) is 20.2. The number of hydrogen-bond donors (Lipinski definition) is 1. The Morgan fingerprint density at radius 2 is 2.29 bits per heavy atom. The lowest BCUT2D eigenvalue weighted by Gasteiger charge is -2.22. The van der Waals surface area contributed by atoms with Crippen LogP contribution >= 0.6 is 27.5 Å². The molecule has 1 heterocycles. The van der Waals surface area contributed by atoms with Crippen LogP contribution in [-0.2, 0) is 0 Å². The van der Waals surface area contributed by atoms with Crippen LogP contribution in [0.1, 0.15) is 36.0 Å². The van der Waals surface area contributed by atoms with Crippen molar-refractivity contribution in [3.63, 3.8) is 0 Å². The summed E-state index contributed by atoms with van der Waals surface area (Å²) in [6.45, 7) is 1.02. The number of rotatable bonds is 3. The summed E-state index contributed by atoms with van der Waals surface area (Å²) in [5, 5.41) is 3.91. The largest absolute Gasteiger partial charge is 0.314 e. The SMILES string of the molecule is O=C(CC1CCCCN1)c1ccc(Br)cc1Cl. The highest BCUT2D eigenvalue weighted by Crippen LogP contribution is 2.23. The van der Waals surface area contributed by atoms with E-state index in [1.807, 2.05) is 6.07 Å². The van der Waals surface area contributed by atoms with Crippen molar-refractivity contribution in [2.45, 2.75) is 31.7 Å². The molecule has 1 N–H and O–H groups in total. The molecule has 2 nitrogen and oxygen atoms in total. The number of benzene rings is 1. The Hall–Kier alpha value is -0.380. The summed E-state index contributed by atoms with van der Waals surface area (Å²) in [5.41, 5.74) is 0.627. The third-order valence-electron chi connectivity index (χ3n) is 3.08. The molecule has 0 spiro atoms. The van der Waals surface area contributed by atoms with Gasteiger partial charge < -0.3 is 5.32 Å². The Kier molecular flexibility index (Phi) is 4.60. The molecular formula is C13H15BrClNO. The highest BCUT2D eigenvalue weighted by molar-refractivity contribution is 9.10. The third-order valence-corrected chi connectivity index (χ3v) is 3.88. The summed E-state index contributed by atoms with van der Waals surface area (Å²) < 4.78 is 0.898. The molecule has 1 aliphatic heterocycles. The molecule has 2 rings (SSSR count). The first-order valence-corrected chi connectivity index (χ1v) is 7.05. The monoisotopic (exact) mass is 315 g/mol. The van der Waals surface area contributed by atoms with E-state index in [4.69, 9.17) is 11.6 Å². The second-order valence-electron chi connectivity index (χ2n) is 4.40. The van der Waals surface area contributed by atoms with Crippen molar-refractivity contribution in [3.8, 4) is 0 Å². The molecule has 0 aromatic heterocycles. The number of Topliss-reactive ketones (excluding diaryl/α,β-unsaturated/α-hetero) is 1. The van der Waals surface area contributed by atoms with Crippen molar-refractivity contribution >= 4 is 33.3 Å². The van der Waals surface area contributed by atoms with Crippen LogP contribution in [0.2, 0.25) is 5.02 Å². The van der Waals surface area contributed by atoms with Gasteiger partial charge in [0.25, 0.3) is 0 Å². The Balaban J connectivity index is 2.03. The zero-order valence-corrected chi connectivity index (χ0v) is 11.9. The van der Waals surface area contributed by atoms with Crippen molar-refractivity contribution < 1.29 is 4.79 Å². The maximum Gasteiger partial charge on any atom is 0.165 e. The van der Waals surface area contributed by atoms with Gasteiger partial charge in [-0.1, -0.05) is 34.0 Å². The zero-order valence-electron chi connectivity index (χ0n) is 9.51. The minimum absolute atomic E-state index is 0.127. The average Bonchev–Trinajstić information content (AvgIpc) is 2.30. The lowest BCUT2D eigenvalue weighted by molar-refractivity contribution is 0.0964. The molecule has 4 heteroatoms. The molecule has 0 aliphatic carbocycles. The summed E-state index contributed by atoms with van der Waals surface area (Å²) in [6.07, 6.45) is 4.05. The molecule has 0 saturated carbocycles. The summed E-state index contributed by atoms with van der Waals surface area (Å²) in [6, 6.07) is 5.73. The van der Waals surface area contributed by atoms with Crippen LogP contribution in [-0.4, -0.2) is 18.4 Å². The summed E-state index contributed by atoms with van der Waals surface area (Å²) >= 11 is 9.41. The van der Waals surface area contributed by atoms with E-state index in [0.717, 1.165) is 17.4 Å². The second kappa shape index (κ2) is 5.98. The molecule has 1 saturated heterocycles. The lowest BCUT2D eigenvalue weighted by Crippen LogP contribution is -2.35. The van der Waals surface area contributed by atoms with Crippen molar-refractivity contribution in [1.82, 2.24) is 5.32 Å². The first-order valence-electron chi connectivity index (χ1n) is 5.88. The minimum atomic E-state index is 0.127. The predicted molar refractivity (Wildman–Crippen MR) is 73.7 cm³/mol. The zero-order chi connectivity index (χ0) is 12.3. The number of nitrogens with one attached hydrogen (secondary N) is 1. The van der Waals surface area contributed by atoms with E-state index in [1.165, 1.54) is 12.8 Å². The van der Waals surface area contributed by atoms with Crippen molar-refractivity contribution in [1.29, 1.82) is 0 Å². The number of ketones is 1. The number of hydrogen-bond acceptors (Lipinski definition) is 2. The molecule has 1 fully saturated rings. The van der Waals surface area contributed by atoms with E-state index >= 15 is 0 Å². The number of carbonyl (C=O) groups is 1. The van der Waals surface area contributed by atoms with E-state index in [9.17, 15) is 4.79 Å². The maximum atomic E-state index is 12.1. The van der Waals surface area contributed by atoms with Crippen LogP contribution in [0, 0.1) is 0 Å². The van der Waals surface area contributed by atoms with Gasteiger partial charge in [0.2, 0.25) is 0 Å².